The third-order valence-corrected chi connectivity index (χ3v) is 7.22. The lowest BCUT2D eigenvalue weighted by molar-refractivity contribution is -0.0255. The first-order valence-electron chi connectivity index (χ1n) is 10.0. The van der Waals surface area contributed by atoms with Crippen molar-refractivity contribution in [3.05, 3.63) is 42.1 Å². The highest BCUT2D eigenvalue weighted by Crippen LogP contribution is 2.42. The van der Waals surface area contributed by atoms with Crippen LogP contribution in [0.25, 0.3) is 10.2 Å². The fourth-order valence-corrected chi connectivity index (χ4v) is 5.84. The number of oxazole rings is 1. The van der Waals surface area contributed by atoms with E-state index in [2.05, 4.69) is 33.0 Å². The zero-order chi connectivity index (χ0) is 19.1. The fraction of sp³-hybridized carbons (Fsp3) is 0.524. The first-order valence-corrected chi connectivity index (χ1v) is 10.8. The molecule has 0 bridgehead atoms. The van der Waals surface area contributed by atoms with Gasteiger partial charge in [-0.25, -0.2) is 9.97 Å². The fourth-order valence-electron chi connectivity index (χ4n) is 4.83. The van der Waals surface area contributed by atoms with Crippen molar-refractivity contribution in [1.29, 1.82) is 0 Å². The minimum atomic E-state index is -0.268. The predicted molar refractivity (Wildman–Crippen MR) is 111 cm³/mol. The van der Waals surface area contributed by atoms with E-state index in [0.29, 0.717) is 5.89 Å². The molecule has 2 aromatic heterocycles. The summed E-state index contributed by atoms with van der Waals surface area (Å²) >= 11 is 1.78. The number of anilines is 1. The minimum Gasteiger partial charge on any atom is -0.449 e. The molecule has 5 rings (SSSR count). The third kappa shape index (κ3) is 3.54. The predicted octanol–water partition coefficient (Wildman–Crippen LogP) is 3.45. The van der Waals surface area contributed by atoms with Gasteiger partial charge in [0.05, 0.1) is 22.0 Å². The number of piperidine rings is 2. The number of nitrogens with zero attached hydrogens (tertiary/aromatic N) is 4. The zero-order valence-corrected chi connectivity index (χ0v) is 17.0. The Hall–Kier alpha value is -1.96. The molecule has 2 fully saturated rings. The van der Waals surface area contributed by atoms with Crippen LogP contribution in [0.15, 0.2) is 34.9 Å². The van der Waals surface area contributed by atoms with Crippen LogP contribution >= 0.6 is 11.3 Å². The standard InChI is InChI=1S/C21H26N4O2S/c1-15-22-16(13-27-15)11-24-12-17(26)10-21(14-24)6-8-25(9-7-21)20-23-18-4-2-3-5-19(18)28-20/h2-5,13,17,26H,6-12,14H2,1H3. The van der Waals surface area contributed by atoms with Crippen molar-refractivity contribution in [2.75, 3.05) is 31.1 Å². The van der Waals surface area contributed by atoms with Crippen molar-refractivity contribution in [1.82, 2.24) is 14.9 Å². The normalized spacial score (nSPS) is 22.9. The smallest absolute Gasteiger partial charge is 0.191 e. The Morgan fingerprint density at radius 1 is 1.25 bits per heavy atom. The number of benzene rings is 1. The van der Waals surface area contributed by atoms with E-state index >= 15 is 0 Å². The van der Waals surface area contributed by atoms with Crippen LogP contribution in [-0.2, 0) is 6.54 Å². The number of fused-ring (bicyclic) bond motifs is 1. The highest BCUT2D eigenvalue weighted by Gasteiger charge is 2.42. The minimum absolute atomic E-state index is 0.184. The quantitative estimate of drug-likeness (QED) is 0.729. The molecule has 1 spiro atoms. The Morgan fingerprint density at radius 2 is 2.07 bits per heavy atom. The summed E-state index contributed by atoms with van der Waals surface area (Å²) in [6.45, 7) is 6.36. The molecule has 1 aromatic carbocycles. The number of aryl methyl sites for hydroxylation is 1. The number of likely N-dealkylation sites (tertiary alicyclic amines) is 1. The maximum Gasteiger partial charge on any atom is 0.191 e. The van der Waals surface area contributed by atoms with Crippen molar-refractivity contribution in [3.63, 3.8) is 0 Å². The van der Waals surface area contributed by atoms with Crippen LogP contribution in [0, 0.1) is 12.3 Å². The topological polar surface area (TPSA) is 65.6 Å². The molecular weight excluding hydrogens is 372 g/mol. The van der Waals surface area contributed by atoms with Crippen molar-refractivity contribution >= 4 is 26.7 Å². The molecule has 1 atom stereocenters. The monoisotopic (exact) mass is 398 g/mol. The van der Waals surface area contributed by atoms with E-state index in [1.54, 1.807) is 17.6 Å². The molecule has 7 heteroatoms. The van der Waals surface area contributed by atoms with Crippen LogP contribution in [-0.4, -0.2) is 52.3 Å². The molecular formula is C21H26N4O2S. The van der Waals surface area contributed by atoms with Crippen LogP contribution in [0.2, 0.25) is 0 Å². The molecule has 0 saturated carbocycles. The lowest BCUT2D eigenvalue weighted by Gasteiger charge is -2.49. The van der Waals surface area contributed by atoms with Gasteiger partial charge >= 0.3 is 0 Å². The third-order valence-electron chi connectivity index (χ3n) is 6.13. The summed E-state index contributed by atoms with van der Waals surface area (Å²) in [4.78, 5) is 14.0. The molecule has 2 aliphatic rings. The van der Waals surface area contributed by atoms with Gasteiger partial charge in [-0.05, 0) is 36.8 Å². The van der Waals surface area contributed by atoms with Crippen molar-refractivity contribution in [2.24, 2.45) is 5.41 Å². The second-order valence-corrected chi connectivity index (χ2v) is 9.35. The summed E-state index contributed by atoms with van der Waals surface area (Å²) in [6.07, 6.45) is 4.55. The summed E-state index contributed by atoms with van der Waals surface area (Å²) in [5.41, 5.74) is 2.22. The number of para-hydroxylation sites is 1. The van der Waals surface area contributed by atoms with E-state index < -0.39 is 0 Å². The van der Waals surface area contributed by atoms with Crippen LogP contribution in [0.4, 0.5) is 5.13 Å². The molecule has 0 aliphatic carbocycles. The van der Waals surface area contributed by atoms with Gasteiger partial charge in [0.25, 0.3) is 0 Å². The van der Waals surface area contributed by atoms with E-state index in [9.17, 15) is 5.11 Å². The second kappa shape index (κ2) is 7.13. The van der Waals surface area contributed by atoms with Crippen molar-refractivity contribution < 1.29 is 9.52 Å². The lowest BCUT2D eigenvalue weighted by atomic mass is 9.71. The largest absolute Gasteiger partial charge is 0.449 e. The Morgan fingerprint density at radius 3 is 2.82 bits per heavy atom. The maximum absolute atomic E-state index is 10.5. The average Bonchev–Trinajstić information content (AvgIpc) is 3.27. The van der Waals surface area contributed by atoms with E-state index in [-0.39, 0.29) is 11.5 Å². The lowest BCUT2D eigenvalue weighted by Crippen LogP contribution is -2.53. The number of thiazole rings is 1. The molecule has 3 aromatic rings. The first kappa shape index (κ1) is 18.1. The van der Waals surface area contributed by atoms with Gasteiger partial charge in [0, 0.05) is 39.6 Å². The van der Waals surface area contributed by atoms with E-state index in [0.717, 1.165) is 68.3 Å². The molecule has 4 heterocycles. The van der Waals surface area contributed by atoms with Crippen LogP contribution in [0.5, 0.6) is 0 Å². The van der Waals surface area contributed by atoms with E-state index in [1.807, 2.05) is 13.0 Å². The average molecular weight is 399 g/mol. The molecule has 6 nitrogen and oxygen atoms in total. The highest BCUT2D eigenvalue weighted by atomic mass is 32.1. The van der Waals surface area contributed by atoms with E-state index in [1.165, 1.54) is 4.70 Å². The SMILES string of the molecule is Cc1nc(CN2CC(O)CC3(CCN(c4nc5ccccc5s4)CC3)C2)co1. The summed E-state index contributed by atoms with van der Waals surface area (Å²) in [6, 6.07) is 8.35. The number of β-amino-alcohol motifs (C(OH)–C–C–N with tert-alkyl or cyclic N) is 1. The first-order chi connectivity index (χ1) is 13.6. The second-order valence-electron chi connectivity index (χ2n) is 8.34. The van der Waals surface area contributed by atoms with Crippen molar-refractivity contribution in [3.8, 4) is 0 Å². The molecule has 1 unspecified atom stereocenters. The summed E-state index contributed by atoms with van der Waals surface area (Å²) in [7, 11) is 0. The van der Waals surface area contributed by atoms with Gasteiger partial charge in [-0.1, -0.05) is 23.5 Å². The molecule has 1 N–H and O–H groups in total. The highest BCUT2D eigenvalue weighted by molar-refractivity contribution is 7.22. The molecule has 2 saturated heterocycles. The molecule has 0 amide bonds. The zero-order valence-electron chi connectivity index (χ0n) is 16.2. The van der Waals surface area contributed by atoms with Gasteiger partial charge in [0.15, 0.2) is 11.0 Å². The van der Waals surface area contributed by atoms with Crippen LogP contribution < -0.4 is 4.90 Å². The van der Waals surface area contributed by atoms with Gasteiger partial charge in [0.2, 0.25) is 0 Å². The molecule has 28 heavy (non-hydrogen) atoms. The molecule has 2 aliphatic heterocycles. The molecule has 0 radical (unpaired) electrons. The van der Waals surface area contributed by atoms with Gasteiger partial charge in [0.1, 0.15) is 6.26 Å². The van der Waals surface area contributed by atoms with Crippen molar-refractivity contribution in [2.45, 2.75) is 38.8 Å². The van der Waals surface area contributed by atoms with Gasteiger partial charge in [-0.15, -0.1) is 0 Å². The summed E-state index contributed by atoms with van der Waals surface area (Å²) in [5.74, 6) is 0.700. The van der Waals surface area contributed by atoms with Gasteiger partial charge in [-0.3, -0.25) is 4.90 Å². The molecule has 148 valence electrons. The van der Waals surface area contributed by atoms with Crippen LogP contribution in [0.3, 0.4) is 0 Å². The Bertz CT molecular complexity index is 927. The van der Waals surface area contributed by atoms with Gasteiger partial charge in [-0.2, -0.15) is 0 Å². The van der Waals surface area contributed by atoms with Crippen LogP contribution in [0.1, 0.15) is 30.8 Å². The Kier molecular flexibility index (Phi) is 4.61. The number of hydrogen-bond donors (Lipinski definition) is 1. The number of aliphatic hydroxyl groups excluding tert-OH is 1. The van der Waals surface area contributed by atoms with Gasteiger partial charge < -0.3 is 14.4 Å². The number of rotatable bonds is 3. The summed E-state index contributed by atoms with van der Waals surface area (Å²) in [5, 5.41) is 11.7. The maximum atomic E-state index is 10.5. The summed E-state index contributed by atoms with van der Waals surface area (Å²) < 4.78 is 6.60. The number of hydrogen-bond acceptors (Lipinski definition) is 7. The number of aliphatic hydroxyl groups is 1. The Balaban J connectivity index is 1.27. The van der Waals surface area contributed by atoms with E-state index in [4.69, 9.17) is 9.40 Å². The number of aromatic nitrogens is 2. The Labute approximate surface area is 168 Å².